The molecule has 0 aromatic rings. The standard InChI is InChI=1S/2C4H4O4.Sn/c2*5-3(6)1-2-4(7)8;/h2*1-2H,(H,5,6)(H,7,8);/q;;+4/p-4/b2*2-1+;. The van der Waals surface area contributed by atoms with E-state index in [1.807, 2.05) is 0 Å². The van der Waals surface area contributed by atoms with Gasteiger partial charge in [-0.25, -0.2) is 0 Å². The maximum atomic E-state index is 9.41. The second-order valence-electron chi connectivity index (χ2n) is 1.94. The topological polar surface area (TPSA) is 161 Å². The Kier molecular flexibility index (Phi) is 14.8. The summed E-state index contributed by atoms with van der Waals surface area (Å²) in [7, 11) is 0. The van der Waals surface area contributed by atoms with Gasteiger partial charge in [0.15, 0.2) is 0 Å². The van der Waals surface area contributed by atoms with E-state index >= 15 is 0 Å². The summed E-state index contributed by atoms with van der Waals surface area (Å²) < 4.78 is 0. The zero-order valence-corrected chi connectivity index (χ0v) is 10.9. The normalized spacial score (nSPS) is 8.94. The van der Waals surface area contributed by atoms with Crippen LogP contribution in [0, 0.1) is 0 Å². The minimum Gasteiger partial charge on any atom is -0.545 e. The van der Waals surface area contributed by atoms with Gasteiger partial charge in [0.2, 0.25) is 0 Å². The first-order valence-corrected chi connectivity index (χ1v) is 3.45. The Balaban J connectivity index is -0.000000218. The number of hydrogen-bond donors (Lipinski definition) is 0. The Morgan fingerprint density at radius 2 is 0.647 bits per heavy atom. The molecule has 17 heavy (non-hydrogen) atoms. The van der Waals surface area contributed by atoms with Crippen LogP contribution < -0.4 is 20.4 Å². The van der Waals surface area contributed by atoms with Gasteiger partial charge >= 0.3 is 23.9 Å². The van der Waals surface area contributed by atoms with Crippen LogP contribution in [0.5, 0.6) is 0 Å². The van der Waals surface area contributed by atoms with Crippen LogP contribution in [0.1, 0.15) is 0 Å². The van der Waals surface area contributed by atoms with Gasteiger partial charge in [0, 0.05) is 0 Å². The molecule has 0 atom stereocenters. The fourth-order valence-corrected chi connectivity index (χ4v) is 0.272. The monoisotopic (exact) mass is 348 g/mol. The van der Waals surface area contributed by atoms with Crippen LogP contribution in [0.2, 0.25) is 0 Å². The molecule has 0 aromatic carbocycles. The van der Waals surface area contributed by atoms with Crippen molar-refractivity contribution in [2.45, 2.75) is 0 Å². The molecule has 0 spiro atoms. The van der Waals surface area contributed by atoms with Gasteiger partial charge in [0.05, 0.1) is 23.9 Å². The molecule has 0 aliphatic rings. The first-order valence-electron chi connectivity index (χ1n) is 3.45. The molecule has 0 saturated carbocycles. The van der Waals surface area contributed by atoms with Crippen LogP contribution in [0.25, 0.3) is 0 Å². The van der Waals surface area contributed by atoms with E-state index in [1.165, 1.54) is 0 Å². The minimum atomic E-state index is -1.55. The van der Waals surface area contributed by atoms with Crippen molar-refractivity contribution in [1.82, 2.24) is 0 Å². The average Bonchev–Trinajstić information content (AvgIpc) is 2.12. The molecule has 0 aliphatic heterocycles. The van der Waals surface area contributed by atoms with Gasteiger partial charge < -0.3 is 39.6 Å². The largest absolute Gasteiger partial charge is 4.00 e. The molecule has 0 N–H and O–H groups in total. The van der Waals surface area contributed by atoms with Crippen LogP contribution >= 0.6 is 0 Å². The Morgan fingerprint density at radius 1 is 0.529 bits per heavy atom. The summed E-state index contributed by atoms with van der Waals surface area (Å²) in [6, 6.07) is 0. The minimum absolute atomic E-state index is 0. The molecular weight excluding hydrogens is 343 g/mol. The Bertz CT molecular complexity index is 277. The van der Waals surface area contributed by atoms with Crippen LogP contribution in [-0.4, -0.2) is 47.8 Å². The number of hydrogen-bond acceptors (Lipinski definition) is 8. The molecule has 0 heterocycles. The number of carboxylic acids is 4. The zero-order chi connectivity index (χ0) is 13.1. The second-order valence-corrected chi connectivity index (χ2v) is 1.94. The second kappa shape index (κ2) is 12.2. The van der Waals surface area contributed by atoms with Crippen molar-refractivity contribution in [2.75, 3.05) is 0 Å². The number of carboxylic acid groups (broad SMARTS) is 4. The van der Waals surface area contributed by atoms with E-state index in [-0.39, 0.29) is 23.9 Å². The third kappa shape index (κ3) is 31.4. The van der Waals surface area contributed by atoms with E-state index in [2.05, 4.69) is 0 Å². The summed E-state index contributed by atoms with van der Waals surface area (Å²) in [6.45, 7) is 0. The third-order valence-corrected chi connectivity index (χ3v) is 0.711. The fourth-order valence-electron chi connectivity index (χ4n) is 0.272. The summed E-state index contributed by atoms with van der Waals surface area (Å²) in [5.41, 5.74) is 0. The molecule has 0 amide bonds. The van der Waals surface area contributed by atoms with Crippen molar-refractivity contribution in [1.29, 1.82) is 0 Å². The van der Waals surface area contributed by atoms with Crippen LogP contribution in [0.4, 0.5) is 0 Å². The molecule has 0 bridgehead atoms. The number of carbonyl (C=O) groups is 4. The predicted molar refractivity (Wildman–Crippen MR) is 44.1 cm³/mol. The molecule has 0 saturated heterocycles. The summed E-state index contributed by atoms with van der Waals surface area (Å²) in [5.74, 6) is -6.19. The van der Waals surface area contributed by atoms with Crippen molar-refractivity contribution in [3.05, 3.63) is 24.3 Å². The van der Waals surface area contributed by atoms with E-state index in [0.29, 0.717) is 24.3 Å². The van der Waals surface area contributed by atoms with E-state index < -0.39 is 23.9 Å². The van der Waals surface area contributed by atoms with E-state index in [0.717, 1.165) is 0 Å². The third-order valence-electron chi connectivity index (χ3n) is 0.711. The molecule has 8 nitrogen and oxygen atoms in total. The molecule has 88 valence electrons. The van der Waals surface area contributed by atoms with Gasteiger partial charge in [-0.15, -0.1) is 0 Å². The SMILES string of the molecule is O=C([O-])/C=C/C(=O)[O-].O=C([O-])/C=C/C(=O)[O-].[Sn+4]. The summed E-state index contributed by atoms with van der Waals surface area (Å²) in [5, 5.41) is 37.7. The van der Waals surface area contributed by atoms with E-state index in [1.54, 1.807) is 0 Å². The van der Waals surface area contributed by atoms with E-state index in [9.17, 15) is 39.6 Å². The Morgan fingerprint density at radius 3 is 0.706 bits per heavy atom. The summed E-state index contributed by atoms with van der Waals surface area (Å²) in [6.07, 6.45) is 1.54. The molecule has 0 unspecified atom stereocenters. The van der Waals surface area contributed by atoms with Gasteiger partial charge in [0.1, 0.15) is 0 Å². The van der Waals surface area contributed by atoms with Crippen molar-refractivity contribution in [3.8, 4) is 0 Å². The van der Waals surface area contributed by atoms with Gasteiger partial charge in [-0.1, -0.05) is 0 Å². The van der Waals surface area contributed by atoms with Gasteiger partial charge in [0.25, 0.3) is 0 Å². The first-order chi connectivity index (χ1) is 7.25. The summed E-state index contributed by atoms with van der Waals surface area (Å²) >= 11 is 0. The van der Waals surface area contributed by atoms with Crippen LogP contribution in [0.15, 0.2) is 24.3 Å². The van der Waals surface area contributed by atoms with Crippen molar-refractivity contribution in [3.63, 3.8) is 0 Å². The molecule has 0 rings (SSSR count). The molecule has 0 aromatic heterocycles. The molecule has 9 heteroatoms. The first kappa shape index (κ1) is 20.6. The Labute approximate surface area is 112 Å². The van der Waals surface area contributed by atoms with Gasteiger partial charge in [-0.3, -0.25) is 0 Å². The van der Waals surface area contributed by atoms with Gasteiger partial charge in [-0.05, 0) is 24.3 Å². The van der Waals surface area contributed by atoms with Crippen LogP contribution in [-0.2, 0) is 19.2 Å². The van der Waals surface area contributed by atoms with E-state index in [4.69, 9.17) is 0 Å². The van der Waals surface area contributed by atoms with Gasteiger partial charge in [-0.2, -0.15) is 0 Å². The van der Waals surface area contributed by atoms with Crippen molar-refractivity contribution < 1.29 is 39.6 Å². The molecular formula is C8H4O8Sn. The molecule has 0 fully saturated rings. The number of rotatable bonds is 4. The van der Waals surface area contributed by atoms with Crippen molar-refractivity contribution in [2.24, 2.45) is 0 Å². The van der Waals surface area contributed by atoms with Crippen LogP contribution in [0.3, 0.4) is 0 Å². The predicted octanol–water partition coefficient (Wildman–Crippen LogP) is -6.30. The number of aliphatic carboxylic acids is 4. The zero-order valence-electron chi connectivity index (χ0n) is 8.08. The molecule has 0 aliphatic carbocycles. The smallest absolute Gasteiger partial charge is 0.545 e. The number of carbonyl (C=O) groups excluding carboxylic acids is 4. The maximum Gasteiger partial charge on any atom is 4.00 e. The average molecular weight is 347 g/mol. The Hall–Kier alpha value is -1.84. The maximum absolute atomic E-state index is 9.41. The molecule has 0 radical (unpaired) electrons. The quantitative estimate of drug-likeness (QED) is 0.358. The van der Waals surface area contributed by atoms with Crippen molar-refractivity contribution >= 4 is 47.8 Å². The summed E-state index contributed by atoms with van der Waals surface area (Å²) in [4.78, 5) is 37.7. The fraction of sp³-hybridized carbons (Fsp3) is 0.